The summed E-state index contributed by atoms with van der Waals surface area (Å²) in [5, 5.41) is 8.22. The average Bonchev–Trinajstić information content (AvgIpc) is 2.44. The molecule has 16 heavy (non-hydrogen) atoms. The lowest BCUT2D eigenvalue weighted by molar-refractivity contribution is -0.149. The molecule has 2 N–H and O–H groups in total. The molecule has 0 aromatic heterocycles. The van der Waals surface area contributed by atoms with Crippen molar-refractivity contribution in [3.63, 3.8) is 0 Å². The molecule has 1 aliphatic rings. The summed E-state index contributed by atoms with van der Waals surface area (Å²) in [6, 6.07) is 0. The minimum Gasteiger partial charge on any atom is -0.479 e. The Labute approximate surface area is 92.6 Å². The molecule has 8 heteroatoms. The third-order valence-corrected chi connectivity index (χ3v) is 4.02. The molecule has 0 bridgehead atoms. The molecular formula is C8H13NO6S. The lowest BCUT2D eigenvalue weighted by Gasteiger charge is -2.07. The molecule has 0 saturated carbocycles. The minimum atomic E-state index is -2.99. The van der Waals surface area contributed by atoms with Crippen LogP contribution in [0.1, 0.15) is 12.8 Å². The number of hydroxylamine groups is 1. The van der Waals surface area contributed by atoms with Gasteiger partial charge in [-0.3, -0.25) is 9.63 Å². The van der Waals surface area contributed by atoms with E-state index in [9.17, 15) is 18.0 Å². The Morgan fingerprint density at radius 2 is 2.12 bits per heavy atom. The van der Waals surface area contributed by atoms with Crippen LogP contribution in [-0.4, -0.2) is 43.5 Å². The molecule has 7 nitrogen and oxygen atoms in total. The number of hydrogen-bond donors (Lipinski definition) is 2. The number of carboxylic acid groups (broad SMARTS) is 1. The van der Waals surface area contributed by atoms with Crippen LogP contribution < -0.4 is 5.48 Å². The van der Waals surface area contributed by atoms with Gasteiger partial charge in [-0.25, -0.2) is 18.7 Å². The van der Waals surface area contributed by atoms with Gasteiger partial charge in [0, 0.05) is 6.42 Å². The fourth-order valence-corrected chi connectivity index (χ4v) is 3.38. The van der Waals surface area contributed by atoms with E-state index in [-0.39, 0.29) is 23.8 Å². The Kier molecular flexibility index (Phi) is 4.25. The van der Waals surface area contributed by atoms with Crippen molar-refractivity contribution in [2.24, 2.45) is 5.92 Å². The van der Waals surface area contributed by atoms with E-state index in [1.165, 1.54) is 0 Å². The first-order valence-electron chi connectivity index (χ1n) is 4.72. The van der Waals surface area contributed by atoms with Gasteiger partial charge in [-0.1, -0.05) is 0 Å². The maximum atomic E-state index is 11.2. The van der Waals surface area contributed by atoms with Gasteiger partial charge in [0.05, 0.1) is 11.5 Å². The summed E-state index contributed by atoms with van der Waals surface area (Å²) in [4.78, 5) is 25.6. The summed E-state index contributed by atoms with van der Waals surface area (Å²) in [5.41, 5.74) is 1.95. The van der Waals surface area contributed by atoms with Gasteiger partial charge in [-0.2, -0.15) is 0 Å². The maximum absolute atomic E-state index is 11.2. The van der Waals surface area contributed by atoms with Crippen molar-refractivity contribution in [3.8, 4) is 0 Å². The number of sulfone groups is 1. The Hall–Kier alpha value is -1.15. The third-order valence-electron chi connectivity index (χ3n) is 2.18. The van der Waals surface area contributed by atoms with E-state index >= 15 is 0 Å². The van der Waals surface area contributed by atoms with Crippen molar-refractivity contribution in [3.05, 3.63) is 0 Å². The van der Waals surface area contributed by atoms with Crippen LogP contribution in [0, 0.1) is 5.92 Å². The van der Waals surface area contributed by atoms with Crippen LogP contribution >= 0.6 is 0 Å². The van der Waals surface area contributed by atoms with E-state index in [4.69, 9.17) is 5.11 Å². The topological polar surface area (TPSA) is 110 Å². The molecule has 1 saturated heterocycles. The molecule has 0 aliphatic carbocycles. The molecule has 1 rings (SSSR count). The van der Waals surface area contributed by atoms with Gasteiger partial charge in [-0.15, -0.1) is 0 Å². The maximum Gasteiger partial charge on any atom is 0.332 e. The van der Waals surface area contributed by atoms with Crippen LogP contribution in [-0.2, 0) is 24.3 Å². The Morgan fingerprint density at radius 1 is 1.44 bits per heavy atom. The molecule has 1 aliphatic heterocycles. The monoisotopic (exact) mass is 251 g/mol. The zero-order chi connectivity index (χ0) is 12.2. The van der Waals surface area contributed by atoms with Crippen molar-refractivity contribution in [1.82, 2.24) is 5.48 Å². The summed E-state index contributed by atoms with van der Waals surface area (Å²) in [6.07, 6.45) is 0.507. The van der Waals surface area contributed by atoms with Crippen LogP contribution in [0.25, 0.3) is 0 Å². The molecule has 1 heterocycles. The first-order valence-corrected chi connectivity index (χ1v) is 6.54. The summed E-state index contributed by atoms with van der Waals surface area (Å²) < 4.78 is 22.2. The van der Waals surface area contributed by atoms with Crippen molar-refractivity contribution >= 4 is 21.7 Å². The smallest absolute Gasteiger partial charge is 0.332 e. The molecular weight excluding hydrogens is 238 g/mol. The van der Waals surface area contributed by atoms with Gasteiger partial charge in [-0.05, 0) is 12.3 Å². The number of amides is 1. The number of carboxylic acids is 1. The summed E-state index contributed by atoms with van der Waals surface area (Å²) in [7, 11) is -2.99. The zero-order valence-corrected chi connectivity index (χ0v) is 9.33. The highest BCUT2D eigenvalue weighted by atomic mass is 32.2. The van der Waals surface area contributed by atoms with Crippen LogP contribution in [0.4, 0.5) is 0 Å². The fourth-order valence-electron chi connectivity index (χ4n) is 1.52. The van der Waals surface area contributed by atoms with Gasteiger partial charge in [0.25, 0.3) is 0 Å². The van der Waals surface area contributed by atoms with E-state index < -0.39 is 28.3 Å². The highest BCUT2D eigenvalue weighted by Gasteiger charge is 2.29. The van der Waals surface area contributed by atoms with Crippen molar-refractivity contribution in [2.45, 2.75) is 12.8 Å². The van der Waals surface area contributed by atoms with E-state index in [1.807, 2.05) is 5.48 Å². The SMILES string of the molecule is O=C(O)CONC(=O)CC1CCS(=O)(=O)C1. The second-order valence-electron chi connectivity index (χ2n) is 3.68. The van der Waals surface area contributed by atoms with Gasteiger partial charge in [0.1, 0.15) is 0 Å². The van der Waals surface area contributed by atoms with Gasteiger partial charge in [0.2, 0.25) is 5.91 Å². The lowest BCUT2D eigenvalue weighted by atomic mass is 10.1. The molecule has 1 amide bonds. The first-order chi connectivity index (χ1) is 7.39. The molecule has 0 aromatic carbocycles. The predicted molar refractivity (Wildman–Crippen MR) is 53.1 cm³/mol. The number of carbonyl (C=O) groups is 2. The largest absolute Gasteiger partial charge is 0.479 e. The summed E-state index contributed by atoms with van der Waals surface area (Å²) in [5.74, 6) is -1.76. The highest BCUT2D eigenvalue weighted by Crippen LogP contribution is 2.21. The zero-order valence-electron chi connectivity index (χ0n) is 8.51. The standard InChI is InChI=1S/C8H13NO6S/c10-7(9-15-4-8(11)12)3-6-1-2-16(13,14)5-6/h6H,1-5H2,(H,9,10)(H,11,12). The van der Waals surface area contributed by atoms with Crippen LogP contribution in [0.2, 0.25) is 0 Å². The van der Waals surface area contributed by atoms with Gasteiger partial charge in [0.15, 0.2) is 16.4 Å². The Bertz CT molecular complexity index is 376. The summed E-state index contributed by atoms with van der Waals surface area (Å²) >= 11 is 0. The molecule has 1 atom stereocenters. The number of hydrogen-bond acceptors (Lipinski definition) is 5. The van der Waals surface area contributed by atoms with Crippen molar-refractivity contribution in [1.29, 1.82) is 0 Å². The van der Waals surface area contributed by atoms with Crippen LogP contribution in [0.15, 0.2) is 0 Å². The molecule has 92 valence electrons. The minimum absolute atomic E-state index is 0.0132. The fraction of sp³-hybridized carbons (Fsp3) is 0.750. The van der Waals surface area contributed by atoms with Crippen LogP contribution in [0.5, 0.6) is 0 Å². The van der Waals surface area contributed by atoms with E-state index in [2.05, 4.69) is 4.84 Å². The molecule has 0 radical (unpaired) electrons. The number of aliphatic carboxylic acids is 1. The summed E-state index contributed by atoms with van der Waals surface area (Å²) in [6.45, 7) is -0.616. The normalized spacial score (nSPS) is 22.9. The van der Waals surface area contributed by atoms with Gasteiger partial charge < -0.3 is 5.11 Å². The molecule has 1 fully saturated rings. The molecule has 0 aromatic rings. The molecule has 0 spiro atoms. The number of rotatable bonds is 5. The Morgan fingerprint density at radius 3 is 2.62 bits per heavy atom. The Balaban J connectivity index is 2.23. The lowest BCUT2D eigenvalue weighted by Crippen LogP contribution is -2.28. The van der Waals surface area contributed by atoms with Crippen LogP contribution in [0.3, 0.4) is 0 Å². The van der Waals surface area contributed by atoms with Crippen molar-refractivity contribution < 1.29 is 28.0 Å². The van der Waals surface area contributed by atoms with E-state index in [1.54, 1.807) is 0 Å². The molecule has 1 unspecified atom stereocenters. The van der Waals surface area contributed by atoms with E-state index in [0.29, 0.717) is 6.42 Å². The van der Waals surface area contributed by atoms with Crippen molar-refractivity contribution in [2.75, 3.05) is 18.1 Å². The first kappa shape index (κ1) is 12.9. The third kappa shape index (κ3) is 4.58. The second kappa shape index (κ2) is 5.26. The number of nitrogens with one attached hydrogen (secondary N) is 1. The number of carbonyl (C=O) groups excluding carboxylic acids is 1. The van der Waals surface area contributed by atoms with E-state index in [0.717, 1.165) is 0 Å². The highest BCUT2D eigenvalue weighted by molar-refractivity contribution is 7.91. The average molecular weight is 251 g/mol. The predicted octanol–water partition coefficient (Wildman–Crippen LogP) is -1.06. The second-order valence-corrected chi connectivity index (χ2v) is 5.91. The quantitative estimate of drug-likeness (QED) is 0.603. The van der Waals surface area contributed by atoms with Gasteiger partial charge >= 0.3 is 5.97 Å².